The summed E-state index contributed by atoms with van der Waals surface area (Å²) in [5.74, 6) is 2.21. The van der Waals surface area contributed by atoms with Crippen LogP contribution < -0.4 is 19.7 Å². The van der Waals surface area contributed by atoms with Gasteiger partial charge in [-0.2, -0.15) is 0 Å². The second kappa shape index (κ2) is 11.7. The van der Waals surface area contributed by atoms with Crippen LogP contribution in [0, 0.1) is 0 Å². The van der Waals surface area contributed by atoms with Gasteiger partial charge in [-0.1, -0.05) is 0 Å². The van der Waals surface area contributed by atoms with Gasteiger partial charge in [0, 0.05) is 55.9 Å². The molecule has 0 atom stereocenters. The van der Waals surface area contributed by atoms with Gasteiger partial charge in [0.1, 0.15) is 30.0 Å². The minimum absolute atomic E-state index is 0.142. The summed E-state index contributed by atoms with van der Waals surface area (Å²) in [6.45, 7) is 4.65. The second-order valence-electron chi connectivity index (χ2n) is 9.60. The maximum atomic E-state index is 6.54. The lowest BCUT2D eigenvalue weighted by molar-refractivity contribution is 0.122. The van der Waals surface area contributed by atoms with Gasteiger partial charge in [0.15, 0.2) is 0 Å². The Bertz CT molecular complexity index is 1130. The van der Waals surface area contributed by atoms with Crippen LogP contribution in [0.1, 0.15) is 25.7 Å². The van der Waals surface area contributed by atoms with Crippen molar-refractivity contribution in [3.05, 3.63) is 36.9 Å². The number of hydrogen-bond acceptors (Lipinski definition) is 10. The van der Waals surface area contributed by atoms with E-state index in [-0.39, 0.29) is 6.10 Å². The van der Waals surface area contributed by atoms with Gasteiger partial charge in [-0.25, -0.2) is 15.0 Å². The minimum atomic E-state index is 0.142. The van der Waals surface area contributed by atoms with Crippen LogP contribution in [-0.2, 0) is 4.74 Å². The molecule has 2 fully saturated rings. The first-order chi connectivity index (χ1) is 17.6. The molecule has 36 heavy (non-hydrogen) atoms. The summed E-state index contributed by atoms with van der Waals surface area (Å²) >= 11 is 0. The third-order valence-electron chi connectivity index (χ3n) is 6.65. The van der Waals surface area contributed by atoms with E-state index in [1.54, 1.807) is 18.7 Å². The highest BCUT2D eigenvalue weighted by Crippen LogP contribution is 2.33. The number of rotatable bonds is 9. The Hall–Kier alpha value is -3.24. The van der Waals surface area contributed by atoms with E-state index in [9.17, 15) is 0 Å². The molecule has 1 aromatic carbocycles. The number of aromatic nitrogens is 4. The van der Waals surface area contributed by atoms with Crippen LogP contribution in [0.25, 0.3) is 11.0 Å². The van der Waals surface area contributed by atoms with Crippen molar-refractivity contribution < 1.29 is 14.2 Å². The zero-order valence-corrected chi connectivity index (χ0v) is 21.1. The smallest absolute Gasteiger partial charge is 0.218 e. The summed E-state index contributed by atoms with van der Waals surface area (Å²) in [5, 5.41) is 3.55. The van der Waals surface area contributed by atoms with Crippen LogP contribution in [-0.4, -0.2) is 90.5 Å². The molecule has 3 aromatic rings. The van der Waals surface area contributed by atoms with Gasteiger partial charge >= 0.3 is 0 Å². The Labute approximate surface area is 212 Å². The van der Waals surface area contributed by atoms with E-state index in [1.165, 1.54) is 0 Å². The number of hydrogen-bond donors (Lipinski definition) is 1. The molecular weight excluding hydrogens is 458 g/mol. The Morgan fingerprint density at radius 1 is 1.00 bits per heavy atom. The van der Waals surface area contributed by atoms with E-state index in [0.717, 1.165) is 86.8 Å². The van der Waals surface area contributed by atoms with Crippen molar-refractivity contribution in [2.75, 3.05) is 63.8 Å². The highest BCUT2D eigenvalue weighted by Gasteiger charge is 2.24. The van der Waals surface area contributed by atoms with Gasteiger partial charge in [-0.15, -0.1) is 0 Å². The number of anilines is 2. The van der Waals surface area contributed by atoms with Gasteiger partial charge in [0.05, 0.1) is 24.8 Å². The number of nitrogens with one attached hydrogen (secondary N) is 1. The van der Waals surface area contributed by atoms with Gasteiger partial charge in [-0.3, -0.25) is 4.98 Å². The second-order valence-corrected chi connectivity index (χ2v) is 9.60. The van der Waals surface area contributed by atoms with Crippen LogP contribution in [0.4, 0.5) is 11.5 Å². The average molecular weight is 494 g/mol. The van der Waals surface area contributed by atoms with Crippen molar-refractivity contribution in [2.45, 2.75) is 37.8 Å². The number of benzene rings is 1. The zero-order valence-electron chi connectivity index (χ0n) is 21.1. The number of morpholine rings is 1. The van der Waals surface area contributed by atoms with Crippen LogP contribution in [0.15, 0.2) is 36.9 Å². The molecule has 192 valence electrons. The molecule has 1 aliphatic heterocycles. The summed E-state index contributed by atoms with van der Waals surface area (Å²) in [6.07, 6.45) is 9.06. The molecule has 1 saturated carbocycles. The molecule has 0 spiro atoms. The van der Waals surface area contributed by atoms with Crippen LogP contribution in [0.5, 0.6) is 11.6 Å². The molecule has 5 rings (SSSR count). The van der Waals surface area contributed by atoms with Crippen molar-refractivity contribution in [1.29, 1.82) is 0 Å². The van der Waals surface area contributed by atoms with Crippen LogP contribution in [0.3, 0.4) is 0 Å². The highest BCUT2D eigenvalue weighted by atomic mass is 16.5. The van der Waals surface area contributed by atoms with E-state index in [0.29, 0.717) is 18.5 Å². The molecule has 10 heteroatoms. The third-order valence-corrected chi connectivity index (χ3v) is 6.65. The Balaban J connectivity index is 1.19. The summed E-state index contributed by atoms with van der Waals surface area (Å²) in [5.41, 5.74) is 2.79. The zero-order chi connectivity index (χ0) is 24.7. The Morgan fingerprint density at radius 3 is 2.61 bits per heavy atom. The SMILES string of the molecule is CN(C)CCOc1cc(NC2CCC(Oc3cc(N4CCOCC4)cc4nccnc34)CC2)ncn1. The topological polar surface area (TPSA) is 97.8 Å². The molecule has 0 radical (unpaired) electrons. The van der Waals surface area contributed by atoms with E-state index < -0.39 is 0 Å². The quantitative estimate of drug-likeness (QED) is 0.479. The summed E-state index contributed by atoms with van der Waals surface area (Å²) in [4.78, 5) is 22.1. The molecule has 10 nitrogen and oxygen atoms in total. The fraction of sp³-hybridized carbons (Fsp3) is 0.538. The maximum absolute atomic E-state index is 6.54. The molecule has 2 aromatic heterocycles. The van der Waals surface area contributed by atoms with Crippen molar-refractivity contribution in [1.82, 2.24) is 24.8 Å². The minimum Gasteiger partial charge on any atom is -0.488 e. The average Bonchev–Trinajstić information content (AvgIpc) is 2.90. The first kappa shape index (κ1) is 24.5. The molecule has 0 bridgehead atoms. The Morgan fingerprint density at radius 2 is 1.81 bits per heavy atom. The lowest BCUT2D eigenvalue weighted by Gasteiger charge is -2.31. The molecule has 0 unspecified atom stereocenters. The predicted molar refractivity (Wildman–Crippen MR) is 139 cm³/mol. The van der Waals surface area contributed by atoms with E-state index in [2.05, 4.69) is 47.2 Å². The van der Waals surface area contributed by atoms with Crippen LogP contribution in [0.2, 0.25) is 0 Å². The fourth-order valence-electron chi connectivity index (χ4n) is 4.67. The van der Waals surface area contributed by atoms with Gasteiger partial charge in [0.2, 0.25) is 5.88 Å². The van der Waals surface area contributed by atoms with Gasteiger partial charge < -0.3 is 29.3 Å². The molecule has 1 N–H and O–H groups in total. The highest BCUT2D eigenvalue weighted by molar-refractivity contribution is 5.85. The first-order valence-corrected chi connectivity index (χ1v) is 12.7. The lowest BCUT2D eigenvalue weighted by Crippen LogP contribution is -2.36. The molecular formula is C26H35N7O3. The normalized spacial score (nSPS) is 20.5. The van der Waals surface area contributed by atoms with Crippen molar-refractivity contribution in [3.8, 4) is 11.6 Å². The Kier molecular flexibility index (Phi) is 7.92. The molecule has 0 amide bonds. The van der Waals surface area contributed by atoms with E-state index in [4.69, 9.17) is 14.2 Å². The number of likely N-dealkylation sites (N-methyl/N-ethyl adjacent to an activating group) is 1. The maximum Gasteiger partial charge on any atom is 0.218 e. The van der Waals surface area contributed by atoms with Crippen molar-refractivity contribution in [3.63, 3.8) is 0 Å². The van der Waals surface area contributed by atoms with Crippen molar-refractivity contribution >= 4 is 22.5 Å². The van der Waals surface area contributed by atoms with E-state index >= 15 is 0 Å². The predicted octanol–water partition coefficient (Wildman–Crippen LogP) is 3.00. The number of ether oxygens (including phenoxy) is 3. The van der Waals surface area contributed by atoms with Crippen molar-refractivity contribution in [2.24, 2.45) is 0 Å². The summed E-state index contributed by atoms with van der Waals surface area (Å²) in [7, 11) is 4.04. The largest absolute Gasteiger partial charge is 0.488 e. The standard InChI is InChI=1S/C26H35N7O3/c1-32(2)9-14-35-25-17-24(29-18-30-25)31-19-3-5-21(6-4-19)36-23-16-20(33-10-12-34-13-11-33)15-22-26(23)28-8-7-27-22/h7-8,15-19,21H,3-6,9-14H2,1-2H3,(H,29,30,31). The van der Waals surface area contributed by atoms with Gasteiger partial charge in [0.25, 0.3) is 0 Å². The number of nitrogens with zero attached hydrogens (tertiary/aromatic N) is 6. The number of fused-ring (bicyclic) bond motifs is 1. The molecule has 1 saturated heterocycles. The fourth-order valence-corrected chi connectivity index (χ4v) is 4.67. The molecule has 1 aliphatic carbocycles. The lowest BCUT2D eigenvalue weighted by atomic mass is 9.93. The monoisotopic (exact) mass is 493 g/mol. The van der Waals surface area contributed by atoms with Gasteiger partial charge in [-0.05, 0) is 45.8 Å². The van der Waals surface area contributed by atoms with Crippen LogP contribution >= 0.6 is 0 Å². The third kappa shape index (κ3) is 6.30. The van der Waals surface area contributed by atoms with E-state index in [1.807, 2.05) is 20.2 Å². The summed E-state index contributed by atoms with van der Waals surface area (Å²) in [6, 6.07) is 6.43. The molecule has 3 heterocycles. The summed E-state index contributed by atoms with van der Waals surface area (Å²) < 4.78 is 17.8. The molecule has 2 aliphatic rings. The first-order valence-electron chi connectivity index (χ1n) is 12.7.